The molecule has 0 atom stereocenters. The number of rotatable bonds is 10. The Balaban J connectivity index is 1.98. The predicted octanol–water partition coefficient (Wildman–Crippen LogP) is 3.72. The Bertz CT molecular complexity index is 602. The molecule has 2 amide bonds. The molecule has 1 aromatic rings. The van der Waals surface area contributed by atoms with E-state index in [2.05, 4.69) is 21.9 Å². The zero-order valence-corrected chi connectivity index (χ0v) is 16.8. The lowest BCUT2D eigenvalue weighted by molar-refractivity contribution is 0.0351. The number of nitrogens with zero attached hydrogens (tertiary/aromatic N) is 2. The predicted molar refractivity (Wildman–Crippen MR) is 105 cm³/mol. The number of benzene rings is 1. The second kappa shape index (κ2) is 11.8. The van der Waals surface area contributed by atoms with Gasteiger partial charge in [-0.1, -0.05) is 26.2 Å². The van der Waals surface area contributed by atoms with Crippen LogP contribution in [0.5, 0.6) is 5.75 Å². The van der Waals surface area contributed by atoms with E-state index < -0.39 is 17.4 Å². The number of nitrogens with one attached hydrogen (secondary N) is 1. The van der Waals surface area contributed by atoms with Gasteiger partial charge in [0.1, 0.15) is 0 Å². The number of ether oxygens (including phenoxy) is 2. The first-order chi connectivity index (χ1) is 13.5. The van der Waals surface area contributed by atoms with E-state index in [0.29, 0.717) is 26.3 Å². The first-order valence-electron chi connectivity index (χ1n) is 9.94. The van der Waals surface area contributed by atoms with Crippen LogP contribution < -0.4 is 10.1 Å². The number of amides is 2. The van der Waals surface area contributed by atoms with Crippen molar-refractivity contribution in [2.24, 2.45) is 0 Å². The van der Waals surface area contributed by atoms with E-state index >= 15 is 0 Å². The second-order valence-corrected chi connectivity index (χ2v) is 6.91. The van der Waals surface area contributed by atoms with Crippen LogP contribution >= 0.6 is 0 Å². The van der Waals surface area contributed by atoms with E-state index in [9.17, 15) is 13.6 Å². The quantitative estimate of drug-likeness (QED) is 0.610. The van der Waals surface area contributed by atoms with Gasteiger partial charge in [-0.05, 0) is 6.42 Å². The maximum atomic E-state index is 13.9. The van der Waals surface area contributed by atoms with Gasteiger partial charge < -0.3 is 19.7 Å². The van der Waals surface area contributed by atoms with Crippen molar-refractivity contribution in [1.82, 2.24) is 9.80 Å². The highest BCUT2D eigenvalue weighted by molar-refractivity contribution is 5.89. The van der Waals surface area contributed by atoms with Gasteiger partial charge in [0.25, 0.3) is 0 Å². The Morgan fingerprint density at radius 3 is 2.46 bits per heavy atom. The molecule has 0 aromatic heterocycles. The Morgan fingerprint density at radius 1 is 1.18 bits per heavy atom. The van der Waals surface area contributed by atoms with Gasteiger partial charge in [-0.15, -0.1) is 0 Å². The molecule has 1 aliphatic heterocycles. The van der Waals surface area contributed by atoms with Crippen LogP contribution in [0.1, 0.15) is 32.6 Å². The number of halogens is 2. The third kappa shape index (κ3) is 6.91. The molecule has 0 spiro atoms. The van der Waals surface area contributed by atoms with Crippen molar-refractivity contribution in [2.75, 3.05) is 58.4 Å². The number of methoxy groups -OCH3 is 1. The summed E-state index contributed by atoms with van der Waals surface area (Å²) >= 11 is 0. The summed E-state index contributed by atoms with van der Waals surface area (Å²) in [6, 6.07) is 1.78. The lowest BCUT2D eigenvalue weighted by Gasteiger charge is -2.30. The molecule has 1 aromatic carbocycles. The van der Waals surface area contributed by atoms with Gasteiger partial charge in [0.05, 0.1) is 20.3 Å². The molecule has 2 rings (SSSR count). The summed E-state index contributed by atoms with van der Waals surface area (Å²) in [7, 11) is 1.20. The molecule has 1 aliphatic rings. The van der Waals surface area contributed by atoms with Gasteiger partial charge in [-0.3, -0.25) is 4.90 Å². The molecule has 6 nitrogen and oxygen atoms in total. The fourth-order valence-electron chi connectivity index (χ4n) is 3.16. The highest BCUT2D eigenvalue weighted by Crippen LogP contribution is 2.25. The number of urea groups is 1. The number of morpholine rings is 1. The third-order valence-electron chi connectivity index (χ3n) is 4.81. The summed E-state index contributed by atoms with van der Waals surface area (Å²) in [5, 5.41) is 2.61. The van der Waals surface area contributed by atoms with Gasteiger partial charge >= 0.3 is 6.03 Å². The van der Waals surface area contributed by atoms with Crippen molar-refractivity contribution in [2.45, 2.75) is 32.6 Å². The summed E-state index contributed by atoms with van der Waals surface area (Å²) in [6.07, 6.45) is 4.18. The van der Waals surface area contributed by atoms with Gasteiger partial charge in [0, 0.05) is 50.5 Å². The zero-order chi connectivity index (χ0) is 20.4. The summed E-state index contributed by atoms with van der Waals surface area (Å²) in [4.78, 5) is 16.7. The molecule has 1 N–H and O–H groups in total. The fourth-order valence-corrected chi connectivity index (χ4v) is 3.16. The zero-order valence-electron chi connectivity index (χ0n) is 16.8. The molecule has 0 unspecified atom stereocenters. The minimum Gasteiger partial charge on any atom is -0.491 e. The SMILES string of the molecule is CCCCCCN(CCN1CCOCC1)C(=O)Nc1cc(F)c(OC)c(F)c1. The molecule has 8 heteroatoms. The molecular formula is C20H31F2N3O3. The lowest BCUT2D eigenvalue weighted by Crippen LogP contribution is -2.44. The van der Waals surface area contributed by atoms with Crippen LogP contribution in [0.3, 0.4) is 0 Å². The van der Waals surface area contributed by atoms with E-state index in [1.165, 1.54) is 7.11 Å². The van der Waals surface area contributed by atoms with Crippen LogP contribution in [-0.4, -0.2) is 68.9 Å². The molecule has 158 valence electrons. The van der Waals surface area contributed by atoms with Crippen molar-refractivity contribution in [3.8, 4) is 5.75 Å². The minimum absolute atomic E-state index is 0.0748. The lowest BCUT2D eigenvalue weighted by atomic mass is 10.2. The molecule has 1 saturated heterocycles. The maximum Gasteiger partial charge on any atom is 0.321 e. The summed E-state index contributed by atoms with van der Waals surface area (Å²) in [6.45, 7) is 7.14. The highest BCUT2D eigenvalue weighted by Gasteiger charge is 2.18. The topological polar surface area (TPSA) is 54.0 Å². The van der Waals surface area contributed by atoms with Crippen molar-refractivity contribution >= 4 is 11.7 Å². The molecule has 0 aliphatic carbocycles. The summed E-state index contributed by atoms with van der Waals surface area (Å²) in [5.41, 5.74) is 0.0748. The highest BCUT2D eigenvalue weighted by atomic mass is 19.1. The standard InChI is InChI=1S/C20H31F2N3O3/c1-3-4-5-6-7-25(9-8-24-10-12-28-13-11-24)20(26)23-16-14-17(21)19(27-2)18(22)15-16/h14-15H,3-13H2,1-2H3,(H,23,26). The van der Waals surface area contributed by atoms with Crippen molar-refractivity contribution in [3.05, 3.63) is 23.8 Å². The molecule has 1 heterocycles. The summed E-state index contributed by atoms with van der Waals surface area (Å²) in [5.74, 6) is -2.15. The van der Waals surface area contributed by atoms with Crippen LogP contribution in [0.4, 0.5) is 19.3 Å². The van der Waals surface area contributed by atoms with E-state index in [1.54, 1.807) is 4.90 Å². The monoisotopic (exact) mass is 399 g/mol. The van der Waals surface area contributed by atoms with E-state index in [1.807, 2.05) is 0 Å². The Kier molecular flexibility index (Phi) is 9.43. The van der Waals surface area contributed by atoms with Gasteiger partial charge in [-0.2, -0.15) is 0 Å². The minimum atomic E-state index is -0.847. The van der Waals surface area contributed by atoms with Crippen LogP contribution in [0.2, 0.25) is 0 Å². The maximum absolute atomic E-state index is 13.9. The second-order valence-electron chi connectivity index (χ2n) is 6.91. The van der Waals surface area contributed by atoms with Gasteiger partial charge in [-0.25, -0.2) is 13.6 Å². The average Bonchev–Trinajstić information content (AvgIpc) is 2.68. The number of hydrogen-bond donors (Lipinski definition) is 1. The molecule has 0 radical (unpaired) electrons. The first kappa shape index (κ1) is 22.4. The van der Waals surface area contributed by atoms with E-state index in [0.717, 1.165) is 57.5 Å². The van der Waals surface area contributed by atoms with Gasteiger partial charge in [0.2, 0.25) is 0 Å². The Labute approximate surface area is 165 Å². The molecule has 1 fully saturated rings. The van der Waals surface area contributed by atoms with E-state index in [4.69, 9.17) is 4.74 Å². The molecule has 0 bridgehead atoms. The first-order valence-corrected chi connectivity index (χ1v) is 9.94. The molecular weight excluding hydrogens is 368 g/mol. The number of carbonyl (C=O) groups excluding carboxylic acids is 1. The number of anilines is 1. The third-order valence-corrected chi connectivity index (χ3v) is 4.81. The Morgan fingerprint density at radius 2 is 1.86 bits per heavy atom. The van der Waals surface area contributed by atoms with Crippen molar-refractivity contribution in [1.29, 1.82) is 0 Å². The van der Waals surface area contributed by atoms with Crippen molar-refractivity contribution < 1.29 is 23.0 Å². The average molecular weight is 399 g/mol. The molecule has 28 heavy (non-hydrogen) atoms. The Hall–Kier alpha value is -1.93. The van der Waals surface area contributed by atoms with Crippen LogP contribution in [0, 0.1) is 11.6 Å². The molecule has 0 saturated carbocycles. The fraction of sp³-hybridized carbons (Fsp3) is 0.650. The van der Waals surface area contributed by atoms with E-state index in [-0.39, 0.29) is 11.7 Å². The van der Waals surface area contributed by atoms with Crippen LogP contribution in [0.15, 0.2) is 12.1 Å². The van der Waals surface area contributed by atoms with Crippen LogP contribution in [0.25, 0.3) is 0 Å². The van der Waals surface area contributed by atoms with Crippen LogP contribution in [-0.2, 0) is 4.74 Å². The summed E-state index contributed by atoms with van der Waals surface area (Å²) < 4.78 is 37.8. The number of carbonyl (C=O) groups is 1. The smallest absolute Gasteiger partial charge is 0.321 e. The largest absolute Gasteiger partial charge is 0.491 e. The number of unbranched alkanes of at least 4 members (excludes halogenated alkanes) is 3. The number of hydrogen-bond acceptors (Lipinski definition) is 4. The van der Waals surface area contributed by atoms with Crippen molar-refractivity contribution in [3.63, 3.8) is 0 Å². The normalized spacial score (nSPS) is 14.7. The van der Waals surface area contributed by atoms with Gasteiger partial charge in [0.15, 0.2) is 17.4 Å².